The molecule has 26 nitrogen and oxygen atoms in total. The average Bonchev–Trinajstić information content (AvgIpc) is 2.22. The molecule has 10 saturated carbocycles. The van der Waals surface area contributed by atoms with Gasteiger partial charge in [0.25, 0.3) is 0 Å². The monoisotopic (exact) mass is 1120 g/mol. The van der Waals surface area contributed by atoms with Crippen molar-refractivity contribution >= 4 is 118 Å². The standard InChI is InChI=1S/C13H10O5.C12H10O5.C11H10O5.C9H6O6.C9H6O5.CH4/c14-6-3-7(15)9-5-2-1-4(8(6)9)10-11(5)13(17)18-12(10)16;13-5-2-6(14)8-4-1-3(7(5)8)9-10(4)12(16)17-11(9)15;12-8-3-9(13)5-2-7-6(1-4(5)8)10(14)16-11(7)15;10-6-2-1-3-5(4(2)8(12)14-6)9(13)15-7(3)11;10-2-1-3(11)5-4(2)6-7(5)9(13)14-8(6)12;/h1-2,4-5,8-11H,3H2;3-4,7-10H,1-2H2;4-7H,1-3H2;2-5H,1H2;4-7H,1H2;1H4. The lowest BCUT2D eigenvalue weighted by Gasteiger charge is -2.44. The molecule has 16 fully saturated rings. The quantitative estimate of drug-likeness (QED) is 0.112. The summed E-state index contributed by atoms with van der Waals surface area (Å²) < 4.78 is 27.1. The lowest BCUT2D eigenvalue weighted by molar-refractivity contribution is -0.158. The first kappa shape index (κ1) is 53.6. The fourth-order valence-corrected chi connectivity index (χ4v) is 17.4. The van der Waals surface area contributed by atoms with Gasteiger partial charge in [-0.15, -0.1) is 0 Å². The van der Waals surface area contributed by atoms with Crippen LogP contribution in [0.4, 0.5) is 0 Å². The number of fused-ring (bicyclic) bond motifs is 17. The molecule has 0 N–H and O–H groups in total. The van der Waals surface area contributed by atoms with Crippen LogP contribution in [0, 0.1) is 142 Å². The zero-order valence-electron chi connectivity index (χ0n) is 41.3. The van der Waals surface area contributed by atoms with E-state index < -0.39 is 166 Å². The molecule has 0 amide bonds. The largest absolute Gasteiger partial charge is 0.393 e. The summed E-state index contributed by atoms with van der Waals surface area (Å²) in [5, 5.41) is 0. The van der Waals surface area contributed by atoms with Crippen molar-refractivity contribution in [2.45, 2.75) is 58.8 Å². The number of ether oxygens (including phenoxy) is 6. The van der Waals surface area contributed by atoms with E-state index in [0.717, 1.165) is 0 Å². The highest BCUT2D eigenvalue weighted by Gasteiger charge is 2.73. The molecular formula is C55H46O26. The van der Waals surface area contributed by atoms with Gasteiger partial charge in [0.15, 0.2) is 0 Å². The van der Waals surface area contributed by atoms with Gasteiger partial charge < -0.3 is 28.4 Å². The maximum Gasteiger partial charge on any atom is 0.318 e. The van der Waals surface area contributed by atoms with Crippen molar-refractivity contribution in [2.24, 2.45) is 142 Å². The van der Waals surface area contributed by atoms with Crippen molar-refractivity contribution in [1.29, 1.82) is 0 Å². The second kappa shape index (κ2) is 18.5. The van der Waals surface area contributed by atoms with Gasteiger partial charge in [0.2, 0.25) is 0 Å². The predicted octanol–water partition coefficient (Wildman–Crippen LogP) is -1.76. The van der Waals surface area contributed by atoms with Gasteiger partial charge in [0.1, 0.15) is 46.3 Å². The van der Waals surface area contributed by atoms with Crippen LogP contribution in [0.3, 0.4) is 0 Å². The zero-order valence-corrected chi connectivity index (χ0v) is 41.3. The van der Waals surface area contributed by atoms with Crippen LogP contribution < -0.4 is 0 Å². The molecule has 6 heterocycles. The Kier molecular flexibility index (Phi) is 12.2. The van der Waals surface area contributed by atoms with Crippen LogP contribution in [0.2, 0.25) is 0 Å². The summed E-state index contributed by atoms with van der Waals surface area (Å²) in [5.74, 6) is -19.3. The average molecular weight is 1120 g/mol. The summed E-state index contributed by atoms with van der Waals surface area (Å²) in [6.45, 7) is 0. The van der Waals surface area contributed by atoms with Gasteiger partial charge in [0, 0.05) is 59.2 Å². The topological polar surface area (TPSA) is 397 Å². The molecule has 81 heavy (non-hydrogen) atoms. The van der Waals surface area contributed by atoms with Crippen molar-refractivity contribution in [1.82, 2.24) is 0 Å². The van der Waals surface area contributed by atoms with Crippen LogP contribution in [0.15, 0.2) is 12.2 Å². The van der Waals surface area contributed by atoms with Crippen molar-refractivity contribution in [2.75, 3.05) is 0 Å². The molecule has 0 aromatic heterocycles. The van der Waals surface area contributed by atoms with Gasteiger partial charge in [-0.3, -0.25) is 95.9 Å². The molecule has 18 rings (SSSR count). The van der Waals surface area contributed by atoms with E-state index in [4.69, 9.17) is 0 Å². The summed E-state index contributed by atoms with van der Waals surface area (Å²) in [5.41, 5.74) is 0. The first-order chi connectivity index (χ1) is 38.0. The highest BCUT2D eigenvalue weighted by molar-refractivity contribution is 6.17. The van der Waals surface area contributed by atoms with E-state index in [2.05, 4.69) is 28.4 Å². The van der Waals surface area contributed by atoms with Gasteiger partial charge in [-0.1, -0.05) is 19.6 Å². The number of esters is 12. The van der Waals surface area contributed by atoms with E-state index in [9.17, 15) is 95.9 Å². The van der Waals surface area contributed by atoms with Crippen LogP contribution in [0.1, 0.15) is 58.8 Å². The first-order valence-corrected chi connectivity index (χ1v) is 26.4. The fourth-order valence-electron chi connectivity index (χ4n) is 17.4. The highest BCUT2D eigenvalue weighted by atomic mass is 16.6. The van der Waals surface area contributed by atoms with Crippen LogP contribution in [-0.2, 0) is 124 Å². The van der Waals surface area contributed by atoms with Gasteiger partial charge >= 0.3 is 71.6 Å². The summed E-state index contributed by atoms with van der Waals surface area (Å²) in [4.78, 5) is 230. The number of hydrogen-bond donors (Lipinski definition) is 0. The van der Waals surface area contributed by atoms with Crippen LogP contribution in [0.25, 0.3) is 0 Å². The number of Topliss-reactive ketones (excluding diaryl/α,β-unsaturated/α-hetero) is 8. The Bertz CT molecular complexity index is 2880. The van der Waals surface area contributed by atoms with Crippen LogP contribution >= 0.6 is 0 Å². The summed E-state index contributed by atoms with van der Waals surface area (Å²) in [7, 11) is 0. The molecule has 4 bridgehead atoms. The van der Waals surface area contributed by atoms with E-state index in [-0.39, 0.29) is 133 Å². The summed E-state index contributed by atoms with van der Waals surface area (Å²) >= 11 is 0. The molecule has 0 radical (unpaired) electrons. The van der Waals surface area contributed by atoms with Gasteiger partial charge in [-0.25, -0.2) is 0 Å². The Morgan fingerprint density at radius 3 is 0.864 bits per heavy atom. The molecule has 6 saturated heterocycles. The molecule has 0 spiro atoms. The number of ketones is 8. The van der Waals surface area contributed by atoms with Gasteiger partial charge in [0.05, 0.1) is 96.7 Å². The highest BCUT2D eigenvalue weighted by Crippen LogP contribution is 2.64. The summed E-state index contributed by atoms with van der Waals surface area (Å²) in [6.07, 6.45) is 4.90. The summed E-state index contributed by atoms with van der Waals surface area (Å²) in [6, 6.07) is 0. The fraction of sp³-hybridized carbons (Fsp3) is 0.600. The molecule has 26 heteroatoms. The maximum atomic E-state index is 11.9. The van der Waals surface area contributed by atoms with E-state index in [1.54, 1.807) is 0 Å². The SMILES string of the molecule is C.O=C1CC(=O)C2C1C1C(=O)OC(=O)C21.O=C1CC(=O)C2C3C=CC(C12)C1C(=O)OC(=O)C31.O=C1CC(=O)C2C3CC(C12)C1C(=O)OC(=O)C31.O=C1CC(=O)C2CC3C(=O)OC(=O)C3CC12.O=C1OC(=O)C2C1CC1C(=O)OC(=O)C12. The molecule has 24 atom stereocenters. The smallest absolute Gasteiger partial charge is 0.318 e. The van der Waals surface area contributed by atoms with Crippen molar-refractivity contribution in [3.63, 3.8) is 0 Å². The number of cyclic esters (lactones) is 12. The minimum absolute atomic E-state index is 0. The molecule has 24 unspecified atom stereocenters. The third kappa shape index (κ3) is 7.48. The lowest BCUT2D eigenvalue weighted by atomic mass is 9.54. The van der Waals surface area contributed by atoms with Crippen LogP contribution in [0.5, 0.6) is 0 Å². The lowest BCUT2D eigenvalue weighted by Crippen LogP contribution is -2.50. The molecule has 0 aromatic carbocycles. The predicted molar refractivity (Wildman–Crippen MR) is 243 cm³/mol. The Morgan fingerprint density at radius 2 is 0.481 bits per heavy atom. The maximum absolute atomic E-state index is 11.9. The minimum Gasteiger partial charge on any atom is -0.393 e. The Morgan fingerprint density at radius 1 is 0.222 bits per heavy atom. The molecular weight excluding hydrogens is 1080 g/mol. The van der Waals surface area contributed by atoms with Gasteiger partial charge in [-0.05, 0) is 37.5 Å². The van der Waals surface area contributed by atoms with E-state index in [1.165, 1.54) is 0 Å². The molecule has 12 aliphatic carbocycles. The third-order valence-corrected chi connectivity index (χ3v) is 20.5. The van der Waals surface area contributed by atoms with Crippen LogP contribution in [-0.4, -0.2) is 118 Å². The number of allylic oxidation sites excluding steroid dienone is 2. The number of rotatable bonds is 0. The third-order valence-electron chi connectivity index (χ3n) is 20.5. The van der Waals surface area contributed by atoms with Gasteiger partial charge in [-0.2, -0.15) is 0 Å². The minimum atomic E-state index is -0.804. The Labute approximate surface area is 454 Å². The number of carbonyl (C=O) groups is 20. The van der Waals surface area contributed by atoms with Crippen molar-refractivity contribution < 1.29 is 124 Å². The van der Waals surface area contributed by atoms with E-state index in [1.807, 2.05) is 12.2 Å². The second-order valence-corrected chi connectivity index (χ2v) is 23.7. The van der Waals surface area contributed by atoms with Crippen molar-refractivity contribution in [3.8, 4) is 0 Å². The van der Waals surface area contributed by atoms with E-state index >= 15 is 0 Å². The molecule has 422 valence electrons. The second-order valence-electron chi connectivity index (χ2n) is 23.7. The molecule has 6 aliphatic heterocycles. The van der Waals surface area contributed by atoms with Crippen molar-refractivity contribution in [3.05, 3.63) is 12.2 Å². The zero-order chi connectivity index (χ0) is 56.7. The first-order valence-electron chi connectivity index (χ1n) is 26.4. The molecule has 18 aliphatic rings. The number of hydrogen-bond acceptors (Lipinski definition) is 26. The Balaban J connectivity index is 0.000000100. The van der Waals surface area contributed by atoms with E-state index in [0.29, 0.717) is 19.3 Å². The number of carbonyl (C=O) groups excluding carboxylic acids is 20. The molecule has 0 aromatic rings. The Hall–Kier alpha value is -8.06. The normalized spacial score (nSPS) is 45.3.